The fraction of sp³-hybridized carbons (Fsp3) is 0.500. The number of ketones is 1. The van der Waals surface area contributed by atoms with E-state index in [2.05, 4.69) is 5.32 Å². The number of benzene rings is 1. The van der Waals surface area contributed by atoms with E-state index >= 15 is 0 Å². The molecule has 0 aromatic heterocycles. The highest BCUT2D eigenvalue weighted by Gasteiger charge is 2.19. The van der Waals surface area contributed by atoms with Crippen LogP contribution in [0, 0.1) is 0 Å². The number of rotatable bonds is 9. The molecule has 24 heavy (non-hydrogen) atoms. The number of hydrogen-bond donors (Lipinski definition) is 1. The van der Waals surface area contributed by atoms with E-state index in [1.807, 2.05) is 4.90 Å². The Morgan fingerprint density at radius 1 is 1.21 bits per heavy atom. The third kappa shape index (κ3) is 5.37. The van der Waals surface area contributed by atoms with Gasteiger partial charge in [0.15, 0.2) is 5.78 Å². The number of methoxy groups -OCH3 is 1. The Hall–Kier alpha value is -2.37. The molecule has 0 aliphatic carbocycles. The minimum absolute atomic E-state index is 0.0598. The van der Waals surface area contributed by atoms with Crippen molar-refractivity contribution >= 4 is 17.6 Å². The van der Waals surface area contributed by atoms with Gasteiger partial charge in [-0.3, -0.25) is 14.4 Å². The molecule has 1 aromatic rings. The summed E-state index contributed by atoms with van der Waals surface area (Å²) in [6, 6.07) is 6.86. The lowest BCUT2D eigenvalue weighted by atomic mass is 10.1. The quantitative estimate of drug-likeness (QED) is 0.552. The zero-order valence-corrected chi connectivity index (χ0v) is 14.0. The number of amides is 2. The number of carbonyl (C=O) groups excluding carboxylic acids is 3. The van der Waals surface area contributed by atoms with Gasteiger partial charge in [0.1, 0.15) is 5.75 Å². The summed E-state index contributed by atoms with van der Waals surface area (Å²) in [5.74, 6) is 0.701. The first kappa shape index (κ1) is 18.0. The van der Waals surface area contributed by atoms with Crippen molar-refractivity contribution in [2.45, 2.75) is 32.1 Å². The molecule has 2 amide bonds. The van der Waals surface area contributed by atoms with E-state index in [1.54, 1.807) is 31.4 Å². The summed E-state index contributed by atoms with van der Waals surface area (Å²) in [6.45, 7) is 2.03. The molecule has 0 unspecified atom stereocenters. The molecule has 2 rings (SSSR count). The number of nitrogens with zero attached hydrogens (tertiary/aromatic N) is 1. The molecule has 1 heterocycles. The second-order valence-corrected chi connectivity index (χ2v) is 5.84. The predicted octanol–water partition coefficient (Wildman–Crippen LogP) is 1.79. The van der Waals surface area contributed by atoms with Crippen LogP contribution in [0.5, 0.6) is 5.75 Å². The van der Waals surface area contributed by atoms with Crippen molar-refractivity contribution in [2.24, 2.45) is 0 Å². The summed E-state index contributed by atoms with van der Waals surface area (Å²) in [7, 11) is 1.57. The van der Waals surface area contributed by atoms with Crippen molar-refractivity contribution < 1.29 is 19.1 Å². The Labute approximate surface area is 142 Å². The molecule has 0 radical (unpaired) electrons. The molecule has 1 N–H and O–H groups in total. The normalized spacial score (nSPS) is 13.9. The molecule has 0 spiro atoms. The Kier molecular flexibility index (Phi) is 6.78. The van der Waals surface area contributed by atoms with E-state index in [1.165, 1.54) is 0 Å². The molecule has 1 aliphatic rings. The first-order chi connectivity index (χ1) is 11.6. The SMILES string of the molecule is COc1ccc(C(=O)CCC(=O)NCCCN2CCCC2=O)cc1. The van der Waals surface area contributed by atoms with Crippen LogP contribution in [-0.2, 0) is 9.59 Å². The summed E-state index contributed by atoms with van der Waals surface area (Å²) in [4.78, 5) is 37.1. The summed E-state index contributed by atoms with van der Waals surface area (Å²) >= 11 is 0. The standard InChI is InChI=1S/C18H24N2O4/c1-24-15-7-5-14(6-8-15)16(21)9-10-17(22)19-11-3-13-20-12-2-4-18(20)23/h5-8H,2-4,9-13H2,1H3,(H,19,22). The van der Waals surface area contributed by atoms with Crippen LogP contribution in [0.1, 0.15) is 42.5 Å². The Bertz CT molecular complexity index is 583. The van der Waals surface area contributed by atoms with Gasteiger partial charge in [0.2, 0.25) is 11.8 Å². The molecule has 0 atom stereocenters. The second kappa shape index (κ2) is 9.05. The Morgan fingerprint density at radius 3 is 2.58 bits per heavy atom. The summed E-state index contributed by atoms with van der Waals surface area (Å²) in [5, 5.41) is 2.80. The van der Waals surface area contributed by atoms with Gasteiger partial charge in [-0.15, -0.1) is 0 Å². The van der Waals surface area contributed by atoms with Crippen LogP contribution in [0.15, 0.2) is 24.3 Å². The largest absolute Gasteiger partial charge is 0.497 e. The average Bonchev–Trinajstić information content (AvgIpc) is 3.01. The molecule has 0 bridgehead atoms. The Balaban J connectivity index is 1.61. The molecule has 130 valence electrons. The van der Waals surface area contributed by atoms with Gasteiger partial charge in [-0.25, -0.2) is 0 Å². The molecule has 0 saturated carbocycles. The first-order valence-corrected chi connectivity index (χ1v) is 8.32. The lowest BCUT2D eigenvalue weighted by molar-refractivity contribution is -0.127. The van der Waals surface area contributed by atoms with E-state index in [0.29, 0.717) is 30.8 Å². The van der Waals surface area contributed by atoms with E-state index in [4.69, 9.17) is 4.74 Å². The van der Waals surface area contributed by atoms with Crippen molar-refractivity contribution in [2.75, 3.05) is 26.7 Å². The topological polar surface area (TPSA) is 75.7 Å². The number of hydrogen-bond acceptors (Lipinski definition) is 4. The van der Waals surface area contributed by atoms with E-state index in [0.717, 1.165) is 19.4 Å². The highest BCUT2D eigenvalue weighted by atomic mass is 16.5. The minimum atomic E-state index is -0.135. The smallest absolute Gasteiger partial charge is 0.222 e. The molecular weight excluding hydrogens is 308 g/mol. The van der Waals surface area contributed by atoms with Crippen LogP contribution in [-0.4, -0.2) is 49.2 Å². The number of carbonyl (C=O) groups is 3. The van der Waals surface area contributed by atoms with Crippen LogP contribution in [0.4, 0.5) is 0 Å². The number of Topliss-reactive ketones (excluding diaryl/α,β-unsaturated/α-hetero) is 1. The zero-order valence-electron chi connectivity index (χ0n) is 14.0. The van der Waals surface area contributed by atoms with Gasteiger partial charge >= 0.3 is 0 Å². The van der Waals surface area contributed by atoms with Crippen molar-refractivity contribution in [3.05, 3.63) is 29.8 Å². The van der Waals surface area contributed by atoms with Crippen LogP contribution >= 0.6 is 0 Å². The lowest BCUT2D eigenvalue weighted by Crippen LogP contribution is -2.30. The molecule has 1 aliphatic heterocycles. The van der Waals surface area contributed by atoms with Crippen LogP contribution in [0.2, 0.25) is 0 Å². The van der Waals surface area contributed by atoms with Gasteiger partial charge < -0.3 is 15.0 Å². The fourth-order valence-electron chi connectivity index (χ4n) is 2.67. The van der Waals surface area contributed by atoms with Crippen LogP contribution in [0.25, 0.3) is 0 Å². The van der Waals surface area contributed by atoms with Gasteiger partial charge in [-0.1, -0.05) is 0 Å². The van der Waals surface area contributed by atoms with Crippen molar-refractivity contribution in [1.29, 1.82) is 0 Å². The molecule has 6 heteroatoms. The third-order valence-corrected chi connectivity index (χ3v) is 4.09. The highest BCUT2D eigenvalue weighted by molar-refractivity contribution is 5.98. The minimum Gasteiger partial charge on any atom is -0.497 e. The van der Waals surface area contributed by atoms with Crippen LogP contribution in [0.3, 0.4) is 0 Å². The molecular formula is C18H24N2O4. The molecule has 6 nitrogen and oxygen atoms in total. The second-order valence-electron chi connectivity index (χ2n) is 5.84. The maximum Gasteiger partial charge on any atom is 0.222 e. The zero-order chi connectivity index (χ0) is 17.4. The van der Waals surface area contributed by atoms with Gasteiger partial charge in [0.25, 0.3) is 0 Å². The number of ether oxygens (including phenoxy) is 1. The fourth-order valence-corrected chi connectivity index (χ4v) is 2.67. The van der Waals surface area contributed by atoms with Gasteiger partial charge in [0, 0.05) is 44.5 Å². The Morgan fingerprint density at radius 2 is 1.96 bits per heavy atom. The summed E-state index contributed by atoms with van der Waals surface area (Å²) in [5.41, 5.74) is 0.580. The van der Waals surface area contributed by atoms with E-state index in [9.17, 15) is 14.4 Å². The molecule has 1 fully saturated rings. The number of nitrogens with one attached hydrogen (secondary N) is 1. The maximum atomic E-state index is 12.0. The van der Waals surface area contributed by atoms with Gasteiger partial charge in [0.05, 0.1) is 7.11 Å². The van der Waals surface area contributed by atoms with E-state index in [-0.39, 0.29) is 30.4 Å². The first-order valence-electron chi connectivity index (χ1n) is 8.32. The highest BCUT2D eigenvalue weighted by Crippen LogP contribution is 2.13. The monoisotopic (exact) mass is 332 g/mol. The predicted molar refractivity (Wildman–Crippen MR) is 90.0 cm³/mol. The van der Waals surface area contributed by atoms with Crippen molar-refractivity contribution in [1.82, 2.24) is 10.2 Å². The lowest BCUT2D eigenvalue weighted by Gasteiger charge is -2.15. The van der Waals surface area contributed by atoms with Gasteiger partial charge in [-0.05, 0) is 37.1 Å². The average molecular weight is 332 g/mol. The van der Waals surface area contributed by atoms with Gasteiger partial charge in [-0.2, -0.15) is 0 Å². The molecule has 1 aromatic carbocycles. The third-order valence-electron chi connectivity index (χ3n) is 4.09. The van der Waals surface area contributed by atoms with Crippen molar-refractivity contribution in [3.63, 3.8) is 0 Å². The summed E-state index contributed by atoms with van der Waals surface area (Å²) < 4.78 is 5.05. The van der Waals surface area contributed by atoms with Crippen LogP contribution < -0.4 is 10.1 Å². The number of likely N-dealkylation sites (tertiary alicyclic amines) is 1. The summed E-state index contributed by atoms with van der Waals surface area (Å²) in [6.07, 6.45) is 2.67. The van der Waals surface area contributed by atoms with E-state index < -0.39 is 0 Å². The maximum absolute atomic E-state index is 12.0. The molecule has 1 saturated heterocycles. The van der Waals surface area contributed by atoms with Crippen molar-refractivity contribution in [3.8, 4) is 5.75 Å².